The average Bonchev–Trinajstić information content (AvgIpc) is 2.04. The lowest BCUT2D eigenvalue weighted by Crippen LogP contribution is -2.06. The molecule has 0 spiro atoms. The molecule has 0 unspecified atom stereocenters. The summed E-state index contributed by atoms with van der Waals surface area (Å²) in [5, 5.41) is 0. The summed E-state index contributed by atoms with van der Waals surface area (Å²) < 4.78 is 0. The maximum Gasteiger partial charge on any atom is -0.0230 e. The van der Waals surface area contributed by atoms with Crippen molar-refractivity contribution in [3.63, 3.8) is 0 Å². The molecule has 0 atom stereocenters. The van der Waals surface area contributed by atoms with Crippen LogP contribution in [0.4, 0.5) is 0 Å². The van der Waals surface area contributed by atoms with Gasteiger partial charge in [0, 0.05) is 0 Å². The molecule has 2 rings (SSSR count). The number of allylic oxidation sites excluding steroid dienone is 1. The molecular formula is C12H14. The van der Waals surface area contributed by atoms with E-state index < -0.39 is 0 Å². The van der Waals surface area contributed by atoms with Crippen LogP contribution in [-0.2, 0) is 0 Å². The second-order valence-corrected chi connectivity index (χ2v) is 3.46. The predicted molar refractivity (Wildman–Crippen MR) is 52.8 cm³/mol. The molecular weight excluding hydrogens is 144 g/mol. The zero-order valence-electron chi connectivity index (χ0n) is 7.24. The van der Waals surface area contributed by atoms with E-state index in [1.54, 1.807) is 0 Å². The molecule has 0 bridgehead atoms. The Morgan fingerprint density at radius 1 is 1.08 bits per heavy atom. The molecule has 1 fully saturated rings. The second kappa shape index (κ2) is 3.57. The molecule has 12 heavy (non-hydrogen) atoms. The number of rotatable bonds is 2. The number of hydrogen-bond donors (Lipinski definition) is 0. The van der Waals surface area contributed by atoms with Crippen LogP contribution in [0.2, 0.25) is 0 Å². The SMILES string of the molecule is C(=C/C1CCC1)/c1ccccc1. The third-order valence-corrected chi connectivity index (χ3v) is 2.51. The Bertz CT molecular complexity index is 255. The smallest absolute Gasteiger partial charge is 0.0230 e. The summed E-state index contributed by atoms with van der Waals surface area (Å²) >= 11 is 0. The highest BCUT2D eigenvalue weighted by Crippen LogP contribution is 2.27. The Kier molecular flexibility index (Phi) is 2.26. The first-order chi connectivity index (χ1) is 5.95. The molecule has 0 N–H and O–H groups in total. The molecule has 1 aromatic rings. The van der Waals surface area contributed by atoms with Crippen molar-refractivity contribution in [1.29, 1.82) is 0 Å². The van der Waals surface area contributed by atoms with Crippen LogP contribution in [0.25, 0.3) is 6.08 Å². The van der Waals surface area contributed by atoms with Gasteiger partial charge < -0.3 is 0 Å². The van der Waals surface area contributed by atoms with E-state index in [1.807, 2.05) is 0 Å². The van der Waals surface area contributed by atoms with Crippen molar-refractivity contribution in [2.45, 2.75) is 19.3 Å². The van der Waals surface area contributed by atoms with Crippen molar-refractivity contribution in [3.8, 4) is 0 Å². The molecule has 1 aliphatic rings. The molecule has 0 heteroatoms. The highest BCUT2D eigenvalue weighted by molar-refractivity contribution is 5.49. The number of benzene rings is 1. The van der Waals surface area contributed by atoms with Gasteiger partial charge in [-0.15, -0.1) is 0 Å². The minimum absolute atomic E-state index is 0.866. The quantitative estimate of drug-likeness (QED) is 0.618. The first kappa shape index (κ1) is 7.60. The van der Waals surface area contributed by atoms with E-state index in [4.69, 9.17) is 0 Å². The van der Waals surface area contributed by atoms with Crippen molar-refractivity contribution in [3.05, 3.63) is 42.0 Å². The van der Waals surface area contributed by atoms with Crippen molar-refractivity contribution >= 4 is 6.08 Å². The van der Waals surface area contributed by atoms with Gasteiger partial charge >= 0.3 is 0 Å². The first-order valence-corrected chi connectivity index (χ1v) is 4.68. The fourth-order valence-electron chi connectivity index (χ4n) is 1.44. The van der Waals surface area contributed by atoms with E-state index >= 15 is 0 Å². The summed E-state index contributed by atoms with van der Waals surface area (Å²) in [6.45, 7) is 0. The molecule has 0 radical (unpaired) electrons. The van der Waals surface area contributed by atoms with Crippen molar-refractivity contribution in [2.75, 3.05) is 0 Å². The van der Waals surface area contributed by atoms with Crippen molar-refractivity contribution in [1.82, 2.24) is 0 Å². The monoisotopic (exact) mass is 158 g/mol. The molecule has 0 aromatic heterocycles. The van der Waals surface area contributed by atoms with Gasteiger partial charge in [-0.25, -0.2) is 0 Å². The van der Waals surface area contributed by atoms with Crippen LogP contribution in [0.5, 0.6) is 0 Å². The van der Waals surface area contributed by atoms with Gasteiger partial charge in [0.05, 0.1) is 0 Å². The molecule has 1 saturated carbocycles. The fourth-order valence-corrected chi connectivity index (χ4v) is 1.44. The van der Waals surface area contributed by atoms with Crippen LogP contribution in [0, 0.1) is 5.92 Å². The highest BCUT2D eigenvalue weighted by Gasteiger charge is 2.12. The van der Waals surface area contributed by atoms with Gasteiger partial charge in [0.2, 0.25) is 0 Å². The topological polar surface area (TPSA) is 0 Å². The Hall–Kier alpha value is -1.04. The minimum atomic E-state index is 0.866. The van der Waals surface area contributed by atoms with Crippen LogP contribution < -0.4 is 0 Å². The summed E-state index contributed by atoms with van der Waals surface area (Å²) in [7, 11) is 0. The minimum Gasteiger partial charge on any atom is -0.0808 e. The van der Waals surface area contributed by atoms with Gasteiger partial charge in [-0.2, -0.15) is 0 Å². The van der Waals surface area contributed by atoms with Gasteiger partial charge in [-0.1, -0.05) is 48.9 Å². The third kappa shape index (κ3) is 1.76. The van der Waals surface area contributed by atoms with Gasteiger partial charge in [-0.05, 0) is 24.3 Å². The average molecular weight is 158 g/mol. The molecule has 0 amide bonds. The summed E-state index contributed by atoms with van der Waals surface area (Å²) in [6, 6.07) is 10.5. The summed E-state index contributed by atoms with van der Waals surface area (Å²) in [5.41, 5.74) is 1.32. The van der Waals surface area contributed by atoms with E-state index in [0.29, 0.717) is 0 Å². The molecule has 0 heterocycles. The first-order valence-electron chi connectivity index (χ1n) is 4.68. The van der Waals surface area contributed by atoms with E-state index in [2.05, 4.69) is 42.5 Å². The lowest BCUT2D eigenvalue weighted by Gasteiger charge is -2.21. The molecule has 1 aromatic carbocycles. The number of hydrogen-bond acceptors (Lipinski definition) is 0. The van der Waals surface area contributed by atoms with Crippen LogP contribution >= 0.6 is 0 Å². The Balaban J connectivity index is 1.98. The highest BCUT2D eigenvalue weighted by atomic mass is 14.2. The van der Waals surface area contributed by atoms with Gasteiger partial charge in [0.15, 0.2) is 0 Å². The van der Waals surface area contributed by atoms with Gasteiger partial charge in [0.1, 0.15) is 0 Å². The van der Waals surface area contributed by atoms with Crippen LogP contribution in [0.3, 0.4) is 0 Å². The van der Waals surface area contributed by atoms with E-state index in [9.17, 15) is 0 Å². The molecule has 0 aliphatic heterocycles. The zero-order valence-corrected chi connectivity index (χ0v) is 7.24. The summed E-state index contributed by atoms with van der Waals surface area (Å²) in [4.78, 5) is 0. The summed E-state index contributed by atoms with van der Waals surface area (Å²) in [5.74, 6) is 0.866. The standard InChI is InChI=1S/C12H14/c1-2-5-11(6-3-1)9-10-12-7-4-8-12/h1-3,5-6,9-10,12H,4,7-8H2/b10-9-. The Morgan fingerprint density at radius 2 is 1.83 bits per heavy atom. The van der Waals surface area contributed by atoms with E-state index in [0.717, 1.165) is 5.92 Å². The predicted octanol–water partition coefficient (Wildman–Crippen LogP) is 3.50. The van der Waals surface area contributed by atoms with E-state index in [1.165, 1.54) is 24.8 Å². The molecule has 62 valence electrons. The lowest BCUT2D eigenvalue weighted by atomic mass is 9.85. The normalized spacial score (nSPS) is 18.0. The maximum absolute atomic E-state index is 2.35. The van der Waals surface area contributed by atoms with E-state index in [-0.39, 0.29) is 0 Å². The fraction of sp³-hybridized carbons (Fsp3) is 0.333. The Labute approximate surface area is 73.9 Å². The molecule has 0 nitrogen and oxygen atoms in total. The third-order valence-electron chi connectivity index (χ3n) is 2.51. The van der Waals surface area contributed by atoms with Crippen molar-refractivity contribution in [2.24, 2.45) is 5.92 Å². The van der Waals surface area contributed by atoms with Gasteiger partial charge in [0.25, 0.3) is 0 Å². The van der Waals surface area contributed by atoms with Gasteiger partial charge in [-0.3, -0.25) is 0 Å². The molecule has 0 saturated heterocycles. The van der Waals surface area contributed by atoms with Crippen molar-refractivity contribution < 1.29 is 0 Å². The van der Waals surface area contributed by atoms with Crippen LogP contribution in [-0.4, -0.2) is 0 Å². The zero-order chi connectivity index (χ0) is 8.23. The lowest BCUT2D eigenvalue weighted by molar-refractivity contribution is 0.389. The molecule has 1 aliphatic carbocycles. The van der Waals surface area contributed by atoms with Crippen LogP contribution in [0.15, 0.2) is 36.4 Å². The Morgan fingerprint density at radius 3 is 2.42 bits per heavy atom. The second-order valence-electron chi connectivity index (χ2n) is 3.46. The van der Waals surface area contributed by atoms with Crippen LogP contribution in [0.1, 0.15) is 24.8 Å². The maximum atomic E-state index is 2.35. The largest absolute Gasteiger partial charge is 0.0808 e. The summed E-state index contributed by atoms with van der Waals surface area (Å²) in [6.07, 6.45) is 8.79.